The van der Waals surface area contributed by atoms with Crippen LogP contribution in [0.3, 0.4) is 0 Å². The number of para-hydroxylation sites is 1. The van der Waals surface area contributed by atoms with Gasteiger partial charge in [-0.05, 0) is 23.6 Å². The van der Waals surface area contributed by atoms with E-state index < -0.39 is 11.7 Å². The van der Waals surface area contributed by atoms with E-state index >= 15 is 0 Å². The highest BCUT2D eigenvalue weighted by molar-refractivity contribution is 5.66. The summed E-state index contributed by atoms with van der Waals surface area (Å²) in [7, 11) is 1.56. The summed E-state index contributed by atoms with van der Waals surface area (Å²) in [5, 5.41) is 0. The maximum atomic E-state index is 13.5. The van der Waals surface area contributed by atoms with Gasteiger partial charge < -0.3 is 9.64 Å². The lowest BCUT2D eigenvalue weighted by Crippen LogP contribution is -2.20. The quantitative estimate of drug-likeness (QED) is 0.567. The van der Waals surface area contributed by atoms with Crippen molar-refractivity contribution in [2.24, 2.45) is 0 Å². The highest BCUT2D eigenvalue weighted by atomic mass is 19.4. The molecule has 0 fully saturated rings. The fraction of sp³-hybridized carbons (Fsp3) is 0.238. The van der Waals surface area contributed by atoms with Crippen LogP contribution in [0.1, 0.15) is 23.6 Å². The molecule has 1 heterocycles. The van der Waals surface area contributed by atoms with Crippen LogP contribution in [0.25, 0.3) is 0 Å². The van der Waals surface area contributed by atoms with Crippen molar-refractivity contribution in [2.45, 2.75) is 26.1 Å². The lowest BCUT2D eigenvalue weighted by atomic mass is 10.1. The van der Waals surface area contributed by atoms with Crippen LogP contribution in [0.5, 0.6) is 6.01 Å². The summed E-state index contributed by atoms with van der Waals surface area (Å²) in [6, 6.07) is 16.5. The summed E-state index contributed by atoms with van der Waals surface area (Å²) in [6.07, 6.45) is -3.12. The van der Waals surface area contributed by atoms with E-state index in [1.807, 2.05) is 49.4 Å². The van der Waals surface area contributed by atoms with Crippen molar-refractivity contribution in [3.05, 3.63) is 77.5 Å². The zero-order valence-corrected chi connectivity index (χ0v) is 15.6. The van der Waals surface area contributed by atoms with Gasteiger partial charge in [0.05, 0.1) is 0 Å². The number of hydrogen-bond acceptors (Lipinski definition) is 4. The molecule has 0 radical (unpaired) electrons. The highest BCUT2D eigenvalue weighted by Crippen LogP contribution is 2.38. The summed E-state index contributed by atoms with van der Waals surface area (Å²) in [5.41, 5.74) is 1.54. The van der Waals surface area contributed by atoms with Gasteiger partial charge in [-0.15, -0.1) is 0 Å². The first-order valence-electron chi connectivity index (χ1n) is 8.82. The molecule has 0 aliphatic rings. The zero-order valence-electron chi connectivity index (χ0n) is 15.6. The number of alkyl halides is 3. The number of hydrogen-bond donors (Lipinski definition) is 0. The summed E-state index contributed by atoms with van der Waals surface area (Å²) in [6.45, 7) is 2.12. The predicted octanol–water partition coefficient (Wildman–Crippen LogP) is 5.40. The fourth-order valence-electron chi connectivity index (χ4n) is 2.86. The average molecular weight is 387 g/mol. The van der Waals surface area contributed by atoms with E-state index in [1.54, 1.807) is 19.2 Å². The molecule has 0 aliphatic heterocycles. The number of ether oxygens (including phenoxy) is 1. The van der Waals surface area contributed by atoms with E-state index in [2.05, 4.69) is 9.97 Å². The van der Waals surface area contributed by atoms with Gasteiger partial charge in [0.25, 0.3) is 0 Å². The predicted molar refractivity (Wildman–Crippen MR) is 102 cm³/mol. The second-order valence-electron chi connectivity index (χ2n) is 6.20. The normalized spacial score (nSPS) is 11.3. The summed E-state index contributed by atoms with van der Waals surface area (Å²) in [4.78, 5) is 9.27. The molecule has 0 bridgehead atoms. The number of nitrogens with zero attached hydrogens (tertiary/aromatic N) is 3. The maximum Gasteiger partial charge on any atom is 0.421 e. The Morgan fingerprint density at radius 3 is 2.36 bits per heavy atom. The fourth-order valence-corrected chi connectivity index (χ4v) is 2.86. The number of rotatable bonds is 6. The first-order chi connectivity index (χ1) is 13.4. The number of benzene rings is 2. The monoisotopic (exact) mass is 387 g/mol. The third-order valence-corrected chi connectivity index (χ3v) is 4.31. The van der Waals surface area contributed by atoms with Gasteiger partial charge in [0.15, 0.2) is 5.82 Å². The van der Waals surface area contributed by atoms with Gasteiger partial charge in [0.1, 0.15) is 12.2 Å². The van der Waals surface area contributed by atoms with Crippen molar-refractivity contribution < 1.29 is 17.9 Å². The molecule has 1 aromatic heterocycles. The number of halogens is 3. The van der Waals surface area contributed by atoms with Crippen LogP contribution in [0.15, 0.2) is 60.8 Å². The van der Waals surface area contributed by atoms with Gasteiger partial charge in [-0.3, -0.25) is 0 Å². The van der Waals surface area contributed by atoms with Crippen LogP contribution in [0.2, 0.25) is 0 Å². The molecule has 0 aliphatic carbocycles. The minimum Gasteiger partial charge on any atom is -0.459 e. The Hall–Kier alpha value is -3.09. The number of aryl methyl sites for hydroxylation is 1. The van der Waals surface area contributed by atoms with Gasteiger partial charge >= 0.3 is 12.2 Å². The second kappa shape index (κ2) is 8.29. The molecule has 0 N–H and O–H groups in total. The van der Waals surface area contributed by atoms with Crippen LogP contribution in [0.4, 0.5) is 24.7 Å². The van der Waals surface area contributed by atoms with Crippen LogP contribution in [-0.2, 0) is 19.2 Å². The Bertz CT molecular complexity index is 930. The lowest BCUT2D eigenvalue weighted by Gasteiger charge is -2.24. The molecule has 0 amide bonds. The van der Waals surface area contributed by atoms with Gasteiger partial charge in [-0.1, -0.05) is 55.5 Å². The average Bonchev–Trinajstić information content (AvgIpc) is 2.71. The molecule has 7 heteroatoms. The van der Waals surface area contributed by atoms with Gasteiger partial charge in [0.2, 0.25) is 0 Å². The zero-order chi connectivity index (χ0) is 20.1. The molecule has 4 nitrogen and oxygen atoms in total. The first-order valence-corrected chi connectivity index (χ1v) is 8.82. The first kappa shape index (κ1) is 19.7. The SMILES string of the molecule is CCc1ccccc1N(C)c1nc(OCc2ccccc2)ncc1C(F)(F)F. The number of aromatic nitrogens is 2. The Morgan fingerprint density at radius 2 is 1.68 bits per heavy atom. The van der Waals surface area contributed by atoms with Crippen molar-refractivity contribution >= 4 is 11.5 Å². The molecule has 0 saturated heterocycles. The van der Waals surface area contributed by atoms with Crippen molar-refractivity contribution in [1.29, 1.82) is 0 Å². The van der Waals surface area contributed by atoms with E-state index in [4.69, 9.17) is 4.74 Å². The van der Waals surface area contributed by atoms with Gasteiger partial charge in [0, 0.05) is 18.9 Å². The molecule has 0 saturated carbocycles. The van der Waals surface area contributed by atoms with Crippen molar-refractivity contribution in [1.82, 2.24) is 9.97 Å². The standard InChI is InChI=1S/C21H20F3N3O/c1-3-16-11-7-8-12-18(16)27(2)19-17(21(22,23)24)13-25-20(26-19)28-14-15-9-5-4-6-10-15/h4-13H,3,14H2,1-2H3. The van der Waals surface area contributed by atoms with Crippen LogP contribution >= 0.6 is 0 Å². The van der Waals surface area contributed by atoms with Crippen LogP contribution < -0.4 is 9.64 Å². The van der Waals surface area contributed by atoms with E-state index in [-0.39, 0.29) is 18.4 Å². The molecule has 146 valence electrons. The van der Waals surface area contributed by atoms with E-state index in [0.29, 0.717) is 12.1 Å². The molecule has 28 heavy (non-hydrogen) atoms. The Morgan fingerprint density at radius 1 is 1.00 bits per heavy atom. The minimum absolute atomic E-state index is 0.104. The Labute approximate surface area is 161 Å². The van der Waals surface area contributed by atoms with Crippen LogP contribution in [0, 0.1) is 0 Å². The lowest BCUT2D eigenvalue weighted by molar-refractivity contribution is -0.137. The summed E-state index contributed by atoms with van der Waals surface area (Å²) in [5.74, 6) is -0.244. The van der Waals surface area contributed by atoms with E-state index in [0.717, 1.165) is 17.3 Å². The van der Waals surface area contributed by atoms with Crippen molar-refractivity contribution in [3.8, 4) is 6.01 Å². The molecule has 0 spiro atoms. The minimum atomic E-state index is -4.58. The third-order valence-electron chi connectivity index (χ3n) is 4.31. The molecule has 3 rings (SSSR count). The van der Waals surface area contributed by atoms with Crippen molar-refractivity contribution in [2.75, 3.05) is 11.9 Å². The van der Waals surface area contributed by atoms with E-state index in [1.165, 1.54) is 4.90 Å². The number of anilines is 2. The molecule has 0 unspecified atom stereocenters. The smallest absolute Gasteiger partial charge is 0.421 e. The highest BCUT2D eigenvalue weighted by Gasteiger charge is 2.37. The topological polar surface area (TPSA) is 38.2 Å². The molecule has 0 atom stereocenters. The molecule has 2 aromatic carbocycles. The van der Waals surface area contributed by atoms with Gasteiger partial charge in [-0.2, -0.15) is 18.2 Å². The van der Waals surface area contributed by atoms with Crippen LogP contribution in [-0.4, -0.2) is 17.0 Å². The largest absolute Gasteiger partial charge is 0.459 e. The Kier molecular flexibility index (Phi) is 5.82. The molecular weight excluding hydrogens is 367 g/mol. The van der Waals surface area contributed by atoms with Gasteiger partial charge in [-0.25, -0.2) is 4.98 Å². The molecular formula is C21H20F3N3O. The van der Waals surface area contributed by atoms with Crippen molar-refractivity contribution in [3.63, 3.8) is 0 Å². The second-order valence-corrected chi connectivity index (χ2v) is 6.20. The summed E-state index contributed by atoms with van der Waals surface area (Å²) < 4.78 is 46.2. The Balaban J connectivity index is 1.96. The molecule has 3 aromatic rings. The summed E-state index contributed by atoms with van der Waals surface area (Å²) >= 11 is 0. The van der Waals surface area contributed by atoms with E-state index in [9.17, 15) is 13.2 Å². The third kappa shape index (κ3) is 4.42. The maximum absolute atomic E-state index is 13.5.